The first kappa shape index (κ1) is 7.05. The largest absolute Gasteiger partial charge is 0.325 e. The van der Waals surface area contributed by atoms with Crippen LogP contribution in [-0.4, -0.2) is 4.98 Å². The highest BCUT2D eigenvalue weighted by molar-refractivity contribution is 7.79. The number of hydrogen-bond acceptors (Lipinski definition) is 4. The predicted octanol–water partition coefficient (Wildman–Crippen LogP) is 1.03. The van der Waals surface area contributed by atoms with E-state index < -0.39 is 0 Å². The molecular formula is C5H8N2S2. The van der Waals surface area contributed by atoms with Crippen molar-refractivity contribution in [3.05, 3.63) is 16.1 Å². The first-order chi connectivity index (χ1) is 4.36. The lowest BCUT2D eigenvalue weighted by Gasteiger charge is -1.83. The van der Waals surface area contributed by atoms with Crippen LogP contribution in [0.25, 0.3) is 0 Å². The van der Waals surface area contributed by atoms with Gasteiger partial charge in [-0.3, -0.25) is 0 Å². The molecule has 4 heteroatoms. The molecule has 1 rings (SSSR count). The lowest BCUT2D eigenvalue weighted by atomic mass is 10.6. The molecule has 1 aromatic rings. The molecule has 9 heavy (non-hydrogen) atoms. The number of hydrogen-bond donors (Lipinski definition) is 2. The van der Waals surface area contributed by atoms with Gasteiger partial charge in [0.2, 0.25) is 0 Å². The molecule has 0 amide bonds. The lowest BCUT2D eigenvalue weighted by Crippen LogP contribution is -1.94. The fraction of sp³-hybridized carbons (Fsp3) is 0.400. The topological polar surface area (TPSA) is 38.9 Å². The van der Waals surface area contributed by atoms with Crippen molar-refractivity contribution < 1.29 is 0 Å². The van der Waals surface area contributed by atoms with Crippen LogP contribution >= 0.6 is 24.0 Å². The second-order valence-electron chi connectivity index (χ2n) is 1.59. The van der Waals surface area contributed by atoms with Gasteiger partial charge < -0.3 is 5.73 Å². The van der Waals surface area contributed by atoms with Crippen LogP contribution in [0.15, 0.2) is 5.38 Å². The average molecular weight is 160 g/mol. The third-order valence-electron chi connectivity index (χ3n) is 0.936. The standard InChI is InChI=1S/C5H8N2S2/c6-1-5-7-4(2-8)3-9-5/h3,8H,1-2,6H2. The minimum Gasteiger partial charge on any atom is -0.325 e. The quantitative estimate of drug-likeness (QED) is 0.634. The summed E-state index contributed by atoms with van der Waals surface area (Å²) in [7, 11) is 0. The molecule has 0 saturated heterocycles. The minimum atomic E-state index is 0.540. The summed E-state index contributed by atoms with van der Waals surface area (Å²) >= 11 is 5.65. The lowest BCUT2D eigenvalue weighted by molar-refractivity contribution is 1.02. The van der Waals surface area contributed by atoms with E-state index in [2.05, 4.69) is 17.6 Å². The summed E-state index contributed by atoms with van der Waals surface area (Å²) in [6, 6.07) is 0. The van der Waals surface area contributed by atoms with Crippen molar-refractivity contribution >= 4 is 24.0 Å². The van der Waals surface area contributed by atoms with Gasteiger partial charge in [0.1, 0.15) is 5.01 Å². The molecule has 0 unspecified atom stereocenters. The van der Waals surface area contributed by atoms with E-state index in [1.807, 2.05) is 5.38 Å². The zero-order chi connectivity index (χ0) is 6.69. The van der Waals surface area contributed by atoms with Crippen molar-refractivity contribution in [1.29, 1.82) is 0 Å². The molecule has 1 heterocycles. The summed E-state index contributed by atoms with van der Waals surface area (Å²) in [5.74, 6) is 0.705. The van der Waals surface area contributed by atoms with Gasteiger partial charge in [0, 0.05) is 17.7 Å². The molecule has 0 spiro atoms. The summed E-state index contributed by atoms with van der Waals surface area (Å²) in [6.45, 7) is 0.540. The first-order valence-corrected chi connectivity index (χ1v) is 4.12. The molecular weight excluding hydrogens is 152 g/mol. The minimum absolute atomic E-state index is 0.540. The van der Waals surface area contributed by atoms with Gasteiger partial charge in [-0.25, -0.2) is 4.98 Å². The molecule has 2 N–H and O–H groups in total. The summed E-state index contributed by atoms with van der Waals surface area (Å²) in [6.07, 6.45) is 0. The molecule has 0 saturated carbocycles. The van der Waals surface area contributed by atoms with Crippen LogP contribution < -0.4 is 5.73 Å². The number of nitrogens with zero attached hydrogens (tertiary/aromatic N) is 1. The summed E-state index contributed by atoms with van der Waals surface area (Å²) in [5, 5.41) is 2.97. The molecule has 0 fully saturated rings. The van der Waals surface area contributed by atoms with Crippen LogP contribution in [0.5, 0.6) is 0 Å². The average Bonchev–Trinajstić information content (AvgIpc) is 2.34. The molecule has 0 atom stereocenters. The van der Waals surface area contributed by atoms with Crippen LogP contribution in [0, 0.1) is 0 Å². The van der Waals surface area contributed by atoms with Gasteiger partial charge in [0.05, 0.1) is 5.69 Å². The maximum absolute atomic E-state index is 5.34. The molecule has 1 aromatic heterocycles. The summed E-state index contributed by atoms with van der Waals surface area (Å²) in [4.78, 5) is 4.16. The Morgan fingerprint density at radius 2 is 2.56 bits per heavy atom. The Morgan fingerprint density at radius 1 is 1.78 bits per heavy atom. The molecule has 0 radical (unpaired) electrons. The fourth-order valence-corrected chi connectivity index (χ4v) is 1.48. The van der Waals surface area contributed by atoms with Gasteiger partial charge in [0.15, 0.2) is 0 Å². The smallest absolute Gasteiger partial charge is 0.106 e. The Labute approximate surface area is 63.5 Å². The van der Waals surface area contributed by atoms with Gasteiger partial charge in [-0.05, 0) is 0 Å². The maximum Gasteiger partial charge on any atom is 0.106 e. The van der Waals surface area contributed by atoms with Gasteiger partial charge in [-0.2, -0.15) is 12.6 Å². The zero-order valence-electron chi connectivity index (χ0n) is 4.87. The van der Waals surface area contributed by atoms with E-state index in [0.717, 1.165) is 10.7 Å². The number of thiol groups is 1. The fourth-order valence-electron chi connectivity index (χ4n) is 0.515. The number of thiazole rings is 1. The Kier molecular flexibility index (Phi) is 2.50. The SMILES string of the molecule is NCc1nc(CS)cs1. The third-order valence-corrected chi connectivity index (χ3v) is 2.18. The Hall–Kier alpha value is -0.0600. The van der Waals surface area contributed by atoms with E-state index in [9.17, 15) is 0 Å². The van der Waals surface area contributed by atoms with Gasteiger partial charge >= 0.3 is 0 Å². The zero-order valence-corrected chi connectivity index (χ0v) is 6.58. The normalized spacial score (nSPS) is 10.0. The van der Waals surface area contributed by atoms with Crippen molar-refractivity contribution in [2.75, 3.05) is 0 Å². The van der Waals surface area contributed by atoms with Crippen molar-refractivity contribution in [3.8, 4) is 0 Å². The summed E-state index contributed by atoms with van der Waals surface area (Å²) in [5.41, 5.74) is 6.36. The van der Waals surface area contributed by atoms with Crippen LogP contribution in [0.2, 0.25) is 0 Å². The van der Waals surface area contributed by atoms with Gasteiger partial charge in [-0.1, -0.05) is 0 Å². The Morgan fingerprint density at radius 3 is 2.89 bits per heavy atom. The second kappa shape index (κ2) is 3.20. The van der Waals surface area contributed by atoms with Crippen LogP contribution in [0.4, 0.5) is 0 Å². The van der Waals surface area contributed by atoms with E-state index in [1.54, 1.807) is 11.3 Å². The summed E-state index contributed by atoms with van der Waals surface area (Å²) < 4.78 is 0. The number of nitrogens with two attached hydrogens (primary N) is 1. The monoisotopic (exact) mass is 160 g/mol. The third kappa shape index (κ3) is 1.67. The number of rotatable bonds is 2. The Bertz CT molecular complexity index is 166. The molecule has 50 valence electrons. The van der Waals surface area contributed by atoms with Crippen molar-refractivity contribution in [2.24, 2.45) is 5.73 Å². The highest BCUT2D eigenvalue weighted by Gasteiger charge is 1.95. The molecule has 0 aliphatic rings. The highest BCUT2D eigenvalue weighted by atomic mass is 32.1. The van der Waals surface area contributed by atoms with Gasteiger partial charge in [0.25, 0.3) is 0 Å². The molecule has 2 nitrogen and oxygen atoms in total. The van der Waals surface area contributed by atoms with Gasteiger partial charge in [-0.15, -0.1) is 11.3 Å². The highest BCUT2D eigenvalue weighted by Crippen LogP contribution is 2.09. The maximum atomic E-state index is 5.34. The molecule has 0 aromatic carbocycles. The second-order valence-corrected chi connectivity index (χ2v) is 2.85. The van der Waals surface area contributed by atoms with E-state index in [0.29, 0.717) is 12.3 Å². The van der Waals surface area contributed by atoms with Crippen molar-refractivity contribution in [2.45, 2.75) is 12.3 Å². The Balaban J connectivity index is 2.74. The molecule has 0 aliphatic heterocycles. The van der Waals surface area contributed by atoms with E-state index in [1.165, 1.54) is 0 Å². The number of aromatic nitrogens is 1. The first-order valence-electron chi connectivity index (χ1n) is 2.61. The van der Waals surface area contributed by atoms with Crippen LogP contribution in [0.3, 0.4) is 0 Å². The molecule has 0 bridgehead atoms. The predicted molar refractivity (Wildman–Crippen MR) is 42.7 cm³/mol. The van der Waals surface area contributed by atoms with Crippen molar-refractivity contribution in [3.63, 3.8) is 0 Å². The van der Waals surface area contributed by atoms with E-state index in [4.69, 9.17) is 5.73 Å². The van der Waals surface area contributed by atoms with E-state index in [-0.39, 0.29) is 0 Å². The van der Waals surface area contributed by atoms with Crippen LogP contribution in [-0.2, 0) is 12.3 Å². The van der Waals surface area contributed by atoms with Crippen molar-refractivity contribution in [1.82, 2.24) is 4.98 Å². The molecule has 0 aliphatic carbocycles. The van der Waals surface area contributed by atoms with E-state index >= 15 is 0 Å². The van der Waals surface area contributed by atoms with Crippen LogP contribution in [0.1, 0.15) is 10.7 Å².